The minimum atomic E-state index is -0.125. The van der Waals surface area contributed by atoms with Crippen LogP contribution in [0.4, 0.5) is 0 Å². The zero-order valence-corrected chi connectivity index (χ0v) is 11.1. The summed E-state index contributed by atoms with van der Waals surface area (Å²) >= 11 is 0. The third kappa shape index (κ3) is 2.11. The summed E-state index contributed by atoms with van der Waals surface area (Å²) in [6.45, 7) is 2.02. The van der Waals surface area contributed by atoms with E-state index in [0.29, 0.717) is 5.71 Å². The molecular formula is C15H19N2O2+. The van der Waals surface area contributed by atoms with Crippen molar-refractivity contribution in [1.82, 2.24) is 0 Å². The Kier molecular flexibility index (Phi) is 3.01. The second kappa shape index (κ2) is 4.68. The zero-order valence-electron chi connectivity index (χ0n) is 11.1. The fourth-order valence-corrected chi connectivity index (χ4v) is 3.06. The van der Waals surface area contributed by atoms with Crippen LogP contribution in [-0.2, 0) is 0 Å². The molecule has 1 aromatic carbocycles. The van der Waals surface area contributed by atoms with Crippen LogP contribution in [0.3, 0.4) is 0 Å². The van der Waals surface area contributed by atoms with E-state index in [1.165, 1.54) is 4.74 Å². The molecule has 1 fully saturated rings. The molecule has 1 saturated carbocycles. The average molecular weight is 259 g/mol. The second-order valence-electron chi connectivity index (χ2n) is 5.51. The molecule has 0 aromatic heterocycles. The first-order valence-electron chi connectivity index (χ1n) is 6.89. The Morgan fingerprint density at radius 2 is 1.74 bits per heavy atom. The van der Waals surface area contributed by atoms with Crippen LogP contribution < -0.4 is 0 Å². The first kappa shape index (κ1) is 12.2. The van der Waals surface area contributed by atoms with Crippen molar-refractivity contribution in [3.63, 3.8) is 0 Å². The summed E-state index contributed by atoms with van der Waals surface area (Å²) in [5.74, 6) is 0. The molecule has 2 aliphatic rings. The molecule has 0 unspecified atom stereocenters. The van der Waals surface area contributed by atoms with Crippen molar-refractivity contribution >= 4 is 11.9 Å². The molecule has 0 radical (unpaired) electrons. The summed E-state index contributed by atoms with van der Waals surface area (Å²) in [5.41, 5.74) is 2.59. The maximum Gasteiger partial charge on any atom is 0.288 e. The highest BCUT2D eigenvalue weighted by atomic mass is 16.5. The SMILES string of the molecule is Cc1ccc(C2=[N+]([O-])[C@H]3CCCC[C@H]3[N+](O)=C2)cc1. The normalized spacial score (nSPS) is 26.9. The van der Waals surface area contributed by atoms with Crippen molar-refractivity contribution in [2.24, 2.45) is 0 Å². The minimum absolute atomic E-state index is 0.0551. The Morgan fingerprint density at radius 1 is 1.11 bits per heavy atom. The first-order chi connectivity index (χ1) is 9.16. The molecule has 100 valence electrons. The van der Waals surface area contributed by atoms with Gasteiger partial charge in [-0.25, -0.2) is 0 Å². The van der Waals surface area contributed by atoms with Crippen molar-refractivity contribution < 1.29 is 14.7 Å². The van der Waals surface area contributed by atoms with Crippen molar-refractivity contribution in [3.05, 3.63) is 40.6 Å². The lowest BCUT2D eigenvalue weighted by Crippen LogP contribution is -2.51. The van der Waals surface area contributed by atoms with E-state index in [1.54, 1.807) is 6.21 Å². The molecule has 0 spiro atoms. The standard InChI is InChI=1S/C15H19N2O2/c1-11-6-8-12(9-7-11)15-10-16(18)13-4-2-3-5-14(13)17(15)19/h6-10,13-14,18H,2-5H2,1H3/q+1/t13-,14+/m1/s1. The molecule has 4 heteroatoms. The van der Waals surface area contributed by atoms with Crippen LogP contribution in [0.2, 0.25) is 0 Å². The molecule has 3 rings (SSSR count). The van der Waals surface area contributed by atoms with Crippen LogP contribution in [0.1, 0.15) is 36.8 Å². The number of rotatable bonds is 1. The van der Waals surface area contributed by atoms with Gasteiger partial charge in [-0.1, -0.05) is 17.7 Å². The number of nitrogens with zero attached hydrogens (tertiary/aromatic N) is 2. The summed E-state index contributed by atoms with van der Waals surface area (Å²) in [5, 5.41) is 22.6. The summed E-state index contributed by atoms with van der Waals surface area (Å²) in [6.07, 6.45) is 5.46. The molecule has 2 atom stereocenters. The van der Waals surface area contributed by atoms with Crippen molar-refractivity contribution in [2.45, 2.75) is 44.7 Å². The monoisotopic (exact) mass is 259 g/mol. The highest BCUT2D eigenvalue weighted by Crippen LogP contribution is 2.25. The van der Waals surface area contributed by atoms with Crippen LogP contribution in [0.25, 0.3) is 0 Å². The van der Waals surface area contributed by atoms with Gasteiger partial charge < -0.3 is 5.21 Å². The quantitative estimate of drug-likeness (QED) is 0.477. The van der Waals surface area contributed by atoms with Crippen molar-refractivity contribution in [3.8, 4) is 0 Å². The van der Waals surface area contributed by atoms with E-state index in [2.05, 4.69) is 0 Å². The van der Waals surface area contributed by atoms with E-state index in [0.717, 1.165) is 41.5 Å². The number of benzene rings is 1. The van der Waals surface area contributed by atoms with Gasteiger partial charge in [0.1, 0.15) is 0 Å². The Balaban J connectivity index is 2.02. The number of hydrogen-bond acceptors (Lipinski definition) is 2. The van der Waals surface area contributed by atoms with Gasteiger partial charge in [0.15, 0.2) is 0 Å². The van der Waals surface area contributed by atoms with Gasteiger partial charge in [-0.3, -0.25) is 5.21 Å². The van der Waals surface area contributed by atoms with Gasteiger partial charge in [0.2, 0.25) is 6.04 Å². The largest absolute Gasteiger partial charge is 0.623 e. The topological polar surface area (TPSA) is 49.3 Å². The smallest absolute Gasteiger partial charge is 0.288 e. The molecule has 0 amide bonds. The molecule has 1 aliphatic carbocycles. The van der Waals surface area contributed by atoms with Gasteiger partial charge in [-0.15, -0.1) is 0 Å². The van der Waals surface area contributed by atoms with Crippen LogP contribution in [0.5, 0.6) is 0 Å². The number of hydroxylamine groups is 2. The van der Waals surface area contributed by atoms with Crippen molar-refractivity contribution in [2.75, 3.05) is 0 Å². The average Bonchev–Trinajstić information content (AvgIpc) is 2.44. The van der Waals surface area contributed by atoms with E-state index in [1.807, 2.05) is 31.2 Å². The summed E-state index contributed by atoms with van der Waals surface area (Å²) < 4.78 is 2.34. The van der Waals surface area contributed by atoms with E-state index >= 15 is 0 Å². The highest BCUT2D eigenvalue weighted by Gasteiger charge is 2.45. The van der Waals surface area contributed by atoms with Crippen LogP contribution in [0, 0.1) is 12.1 Å². The summed E-state index contributed by atoms with van der Waals surface area (Å²) in [7, 11) is 0. The van der Waals surface area contributed by atoms with Gasteiger partial charge in [0, 0.05) is 12.8 Å². The molecule has 1 heterocycles. The maximum absolute atomic E-state index is 12.5. The van der Waals surface area contributed by atoms with Gasteiger partial charge in [0.05, 0.1) is 5.56 Å². The second-order valence-corrected chi connectivity index (χ2v) is 5.51. The molecule has 19 heavy (non-hydrogen) atoms. The fourth-order valence-electron chi connectivity index (χ4n) is 3.06. The molecular weight excluding hydrogens is 240 g/mol. The third-order valence-corrected chi connectivity index (χ3v) is 4.17. The number of hydrogen-bond donors (Lipinski definition) is 1. The number of fused-ring (bicyclic) bond motifs is 1. The fraction of sp³-hybridized carbons (Fsp3) is 0.467. The van der Waals surface area contributed by atoms with Crippen LogP contribution in [-0.4, -0.2) is 38.7 Å². The van der Waals surface area contributed by atoms with Crippen LogP contribution in [0.15, 0.2) is 24.3 Å². The molecule has 0 bridgehead atoms. The highest BCUT2D eigenvalue weighted by molar-refractivity contribution is 6.34. The minimum Gasteiger partial charge on any atom is -0.623 e. The Hall–Kier alpha value is -1.84. The van der Waals surface area contributed by atoms with Gasteiger partial charge >= 0.3 is 0 Å². The Bertz CT molecular complexity index is 546. The zero-order chi connectivity index (χ0) is 13.4. The predicted molar refractivity (Wildman–Crippen MR) is 73.1 cm³/mol. The van der Waals surface area contributed by atoms with Gasteiger partial charge in [0.25, 0.3) is 18.0 Å². The van der Waals surface area contributed by atoms with Crippen molar-refractivity contribution in [1.29, 1.82) is 0 Å². The molecule has 1 N–H and O–H groups in total. The van der Waals surface area contributed by atoms with E-state index in [4.69, 9.17) is 0 Å². The summed E-state index contributed by atoms with van der Waals surface area (Å²) in [4.78, 5) is 0. The van der Waals surface area contributed by atoms with Gasteiger partial charge in [-0.05, 0) is 36.6 Å². The molecule has 4 nitrogen and oxygen atoms in total. The lowest BCUT2D eigenvalue weighted by Gasteiger charge is -2.28. The predicted octanol–water partition coefficient (Wildman–Crippen LogP) is 2.09. The number of aryl methyl sites for hydroxylation is 1. The first-order valence-corrected chi connectivity index (χ1v) is 6.89. The molecule has 1 aromatic rings. The summed E-state index contributed by atoms with van der Waals surface area (Å²) in [6, 6.07) is 7.66. The van der Waals surface area contributed by atoms with Crippen LogP contribution >= 0.6 is 0 Å². The van der Waals surface area contributed by atoms with Gasteiger partial charge in [-0.2, -0.15) is 4.74 Å². The Morgan fingerprint density at radius 3 is 2.42 bits per heavy atom. The molecule has 1 aliphatic heterocycles. The molecule has 0 saturated heterocycles. The lowest BCUT2D eigenvalue weighted by molar-refractivity contribution is -0.819. The van der Waals surface area contributed by atoms with E-state index in [9.17, 15) is 10.4 Å². The van der Waals surface area contributed by atoms with E-state index in [-0.39, 0.29) is 12.1 Å². The van der Waals surface area contributed by atoms with E-state index < -0.39 is 0 Å². The lowest BCUT2D eigenvalue weighted by atomic mass is 9.89. The third-order valence-electron chi connectivity index (χ3n) is 4.17. The Labute approximate surface area is 112 Å². The maximum atomic E-state index is 12.5.